The molecule has 1 amide bonds. The number of rotatable bonds is 5. The number of hydrogen-bond acceptors (Lipinski definition) is 5. The van der Waals surface area contributed by atoms with Gasteiger partial charge < -0.3 is 15.5 Å². The molecule has 0 heterocycles. The zero-order chi connectivity index (χ0) is 14.6. The Morgan fingerprint density at radius 2 is 2.11 bits per heavy atom. The van der Waals surface area contributed by atoms with Crippen molar-refractivity contribution in [2.24, 2.45) is 0 Å². The molecule has 0 fully saturated rings. The molecule has 1 atom stereocenters. The first-order valence-electron chi connectivity index (χ1n) is 5.26. The molecule has 19 heavy (non-hydrogen) atoms. The number of benzene rings is 1. The lowest BCUT2D eigenvalue weighted by atomic mass is 10.1. The highest BCUT2D eigenvalue weighted by Crippen LogP contribution is 2.17. The maximum absolute atomic E-state index is 11.8. The number of carboxylic acid groups (broad SMARTS) is 1. The summed E-state index contributed by atoms with van der Waals surface area (Å²) >= 11 is 0. The quantitative estimate of drug-likeness (QED) is 0.512. The van der Waals surface area contributed by atoms with E-state index >= 15 is 0 Å². The minimum absolute atomic E-state index is 0.116. The highest BCUT2D eigenvalue weighted by atomic mass is 16.6. The molecule has 3 N–H and O–H groups in total. The summed E-state index contributed by atoms with van der Waals surface area (Å²) in [6.45, 7) is 0.754. The van der Waals surface area contributed by atoms with Gasteiger partial charge in [-0.2, -0.15) is 0 Å². The van der Waals surface area contributed by atoms with Crippen molar-refractivity contribution in [1.82, 2.24) is 5.32 Å². The Bertz CT molecular complexity index is 528. The number of carboxylic acids is 1. The fourth-order valence-electron chi connectivity index (χ4n) is 1.44. The lowest BCUT2D eigenvalue weighted by Gasteiger charge is -2.12. The number of aliphatic hydroxyl groups excluding tert-OH is 1. The number of carbonyl (C=O) groups excluding carboxylic acids is 1. The molecule has 102 valence electrons. The van der Waals surface area contributed by atoms with Crippen LogP contribution < -0.4 is 5.32 Å². The predicted octanol–water partition coefficient (Wildman–Crippen LogP) is 0.0785. The highest BCUT2D eigenvalue weighted by molar-refractivity contribution is 5.98. The fraction of sp³-hybridized carbons (Fsp3) is 0.273. The van der Waals surface area contributed by atoms with Crippen molar-refractivity contribution in [3.8, 4) is 0 Å². The minimum atomic E-state index is -1.41. The third kappa shape index (κ3) is 3.49. The molecule has 1 rings (SSSR count). The normalized spacial score (nSPS) is 11.7. The molecule has 0 aliphatic rings. The van der Waals surface area contributed by atoms with E-state index in [-0.39, 0.29) is 11.3 Å². The number of amides is 1. The highest BCUT2D eigenvalue weighted by Gasteiger charge is 2.21. The van der Waals surface area contributed by atoms with Crippen LogP contribution in [0.4, 0.5) is 5.69 Å². The van der Waals surface area contributed by atoms with Gasteiger partial charge >= 0.3 is 5.97 Å². The van der Waals surface area contributed by atoms with Gasteiger partial charge in [0.25, 0.3) is 11.6 Å². The number of nitrogens with one attached hydrogen (secondary N) is 1. The summed E-state index contributed by atoms with van der Waals surface area (Å²) in [6, 6.07) is 2.18. The van der Waals surface area contributed by atoms with E-state index in [1.165, 1.54) is 19.1 Å². The Hall–Kier alpha value is -2.48. The first-order valence-corrected chi connectivity index (χ1v) is 5.26. The number of carbonyl (C=O) groups is 2. The molecule has 0 bridgehead atoms. The number of nitrogens with zero attached hydrogens (tertiary/aromatic N) is 1. The second-order valence-corrected chi connectivity index (χ2v) is 3.80. The van der Waals surface area contributed by atoms with Gasteiger partial charge in [-0.05, 0) is 18.6 Å². The van der Waals surface area contributed by atoms with E-state index in [0.717, 1.165) is 6.07 Å². The number of aliphatic carboxylic acids is 1. The van der Waals surface area contributed by atoms with Crippen molar-refractivity contribution in [1.29, 1.82) is 0 Å². The van der Waals surface area contributed by atoms with Gasteiger partial charge in [-0.1, -0.05) is 0 Å². The van der Waals surface area contributed by atoms with Crippen molar-refractivity contribution < 1.29 is 24.7 Å². The van der Waals surface area contributed by atoms with Crippen molar-refractivity contribution in [2.45, 2.75) is 13.0 Å². The second-order valence-electron chi connectivity index (χ2n) is 3.80. The number of aryl methyl sites for hydroxylation is 1. The van der Waals surface area contributed by atoms with Crippen molar-refractivity contribution in [3.05, 3.63) is 39.4 Å². The van der Waals surface area contributed by atoms with Gasteiger partial charge in [0.1, 0.15) is 0 Å². The first-order chi connectivity index (χ1) is 8.86. The van der Waals surface area contributed by atoms with E-state index in [0.29, 0.717) is 5.56 Å². The zero-order valence-electron chi connectivity index (χ0n) is 9.99. The SMILES string of the molecule is Cc1cc([N+](=O)[O-])ccc1C(=O)N[C@@H](CO)C(=O)O. The molecule has 1 aromatic carbocycles. The Kier molecular flexibility index (Phi) is 4.54. The second kappa shape index (κ2) is 5.91. The van der Waals surface area contributed by atoms with Crippen LogP contribution in [-0.4, -0.2) is 39.7 Å². The number of aliphatic hydroxyl groups is 1. The molecule has 8 nitrogen and oxygen atoms in total. The van der Waals surface area contributed by atoms with Crippen LogP contribution in [-0.2, 0) is 4.79 Å². The Labute approximate surface area is 107 Å². The summed E-state index contributed by atoms with van der Waals surface area (Å²) in [6.07, 6.45) is 0. The van der Waals surface area contributed by atoms with Crippen LogP contribution in [0.5, 0.6) is 0 Å². The molecule has 8 heteroatoms. The third-order valence-electron chi connectivity index (χ3n) is 2.45. The summed E-state index contributed by atoms with van der Waals surface area (Å²) in [4.78, 5) is 32.4. The third-order valence-corrected chi connectivity index (χ3v) is 2.45. The summed E-state index contributed by atoms with van der Waals surface area (Å²) < 4.78 is 0. The zero-order valence-corrected chi connectivity index (χ0v) is 9.99. The molecule has 0 saturated carbocycles. The maximum atomic E-state index is 11.8. The fourth-order valence-corrected chi connectivity index (χ4v) is 1.44. The summed E-state index contributed by atoms with van der Waals surface area (Å²) in [5, 5.41) is 30.1. The number of nitro groups is 1. The Morgan fingerprint density at radius 1 is 1.47 bits per heavy atom. The Morgan fingerprint density at radius 3 is 2.53 bits per heavy atom. The van der Waals surface area contributed by atoms with Gasteiger partial charge in [0.15, 0.2) is 6.04 Å². The van der Waals surface area contributed by atoms with Crippen molar-refractivity contribution in [3.63, 3.8) is 0 Å². The molecule has 0 saturated heterocycles. The van der Waals surface area contributed by atoms with Gasteiger partial charge in [-0.25, -0.2) is 4.79 Å². The van der Waals surface area contributed by atoms with Crippen LogP contribution in [0.2, 0.25) is 0 Å². The molecule has 0 aliphatic heterocycles. The number of nitro benzene ring substituents is 1. The van der Waals surface area contributed by atoms with E-state index < -0.39 is 29.4 Å². The van der Waals surface area contributed by atoms with E-state index in [1.54, 1.807) is 0 Å². The molecule has 0 unspecified atom stereocenters. The van der Waals surface area contributed by atoms with Crippen LogP contribution in [0.3, 0.4) is 0 Å². The van der Waals surface area contributed by atoms with Gasteiger partial charge in [0.2, 0.25) is 0 Å². The van der Waals surface area contributed by atoms with Crippen LogP contribution in [0.15, 0.2) is 18.2 Å². The van der Waals surface area contributed by atoms with Gasteiger partial charge in [0.05, 0.1) is 11.5 Å². The summed E-state index contributed by atoms with van der Waals surface area (Å²) in [7, 11) is 0. The molecular weight excluding hydrogens is 256 g/mol. The lowest BCUT2D eigenvalue weighted by molar-refractivity contribution is -0.384. The topological polar surface area (TPSA) is 130 Å². The van der Waals surface area contributed by atoms with E-state index in [4.69, 9.17) is 10.2 Å². The maximum Gasteiger partial charge on any atom is 0.328 e. The van der Waals surface area contributed by atoms with E-state index in [1.807, 2.05) is 0 Å². The van der Waals surface area contributed by atoms with Crippen LogP contribution in [0, 0.1) is 17.0 Å². The average molecular weight is 268 g/mol. The molecular formula is C11H12N2O6. The van der Waals surface area contributed by atoms with E-state index in [2.05, 4.69) is 5.32 Å². The molecule has 0 aliphatic carbocycles. The number of non-ortho nitro benzene ring substituents is 1. The average Bonchev–Trinajstić information content (AvgIpc) is 2.34. The Balaban J connectivity index is 2.94. The largest absolute Gasteiger partial charge is 0.480 e. The first kappa shape index (κ1) is 14.6. The monoisotopic (exact) mass is 268 g/mol. The van der Waals surface area contributed by atoms with Gasteiger partial charge in [-0.15, -0.1) is 0 Å². The molecule has 0 spiro atoms. The minimum Gasteiger partial charge on any atom is -0.480 e. The van der Waals surface area contributed by atoms with Crippen LogP contribution >= 0.6 is 0 Å². The van der Waals surface area contributed by atoms with E-state index in [9.17, 15) is 19.7 Å². The van der Waals surface area contributed by atoms with Crippen molar-refractivity contribution >= 4 is 17.6 Å². The van der Waals surface area contributed by atoms with Gasteiger partial charge in [0, 0.05) is 17.7 Å². The summed E-state index contributed by atoms with van der Waals surface area (Å²) in [5.74, 6) is -2.08. The molecule has 0 aromatic heterocycles. The standard InChI is InChI=1S/C11H12N2O6/c1-6-4-7(13(18)19)2-3-8(6)10(15)12-9(5-14)11(16)17/h2-4,9,14H,5H2,1H3,(H,12,15)(H,16,17)/t9-/m0/s1. The molecule has 1 aromatic rings. The van der Waals surface area contributed by atoms with Gasteiger partial charge in [-0.3, -0.25) is 14.9 Å². The lowest BCUT2D eigenvalue weighted by Crippen LogP contribution is -2.43. The molecule has 0 radical (unpaired) electrons. The van der Waals surface area contributed by atoms with Crippen molar-refractivity contribution in [2.75, 3.05) is 6.61 Å². The summed E-state index contributed by atoms with van der Waals surface area (Å²) in [5.41, 5.74) is 0.296. The smallest absolute Gasteiger partial charge is 0.328 e. The van der Waals surface area contributed by atoms with Crippen LogP contribution in [0.25, 0.3) is 0 Å². The van der Waals surface area contributed by atoms with Crippen LogP contribution in [0.1, 0.15) is 15.9 Å². The number of hydrogen-bond donors (Lipinski definition) is 3. The predicted molar refractivity (Wildman–Crippen MR) is 63.8 cm³/mol.